The zero-order valence-electron chi connectivity index (χ0n) is 29.9. The van der Waals surface area contributed by atoms with Crippen molar-refractivity contribution in [2.24, 2.45) is 0 Å². The molecule has 0 aliphatic rings. The number of hydrogen-bond acceptors (Lipinski definition) is 6. The van der Waals surface area contributed by atoms with E-state index in [-0.39, 0.29) is 32.0 Å². The van der Waals surface area contributed by atoms with Crippen LogP contribution in [0.1, 0.15) is 94.2 Å². The summed E-state index contributed by atoms with van der Waals surface area (Å²) in [7, 11) is 0. The monoisotopic (exact) mass is 682 g/mol. The molecular weight excluding hydrogens is 628 g/mol. The van der Waals surface area contributed by atoms with Crippen molar-refractivity contribution in [1.29, 1.82) is 0 Å². The van der Waals surface area contributed by atoms with Gasteiger partial charge in [-0.05, 0) is 110 Å². The first-order chi connectivity index (χ1) is 23.4. The molecule has 2 N–H and O–H groups in total. The van der Waals surface area contributed by atoms with Crippen molar-refractivity contribution >= 4 is 5.91 Å². The maximum Gasteiger partial charge on any atom is 0.251 e. The minimum atomic E-state index is -0.315. The normalized spacial score (nSPS) is 10.9. The summed E-state index contributed by atoms with van der Waals surface area (Å²) in [5.74, 6) is -0.0827. The molecular formula is C36H54F3N9O. The first-order valence-electron chi connectivity index (χ1n) is 16.9. The van der Waals surface area contributed by atoms with Gasteiger partial charge in [0, 0.05) is 48.0 Å². The maximum absolute atomic E-state index is 12.2. The average Bonchev–Trinajstić information content (AvgIpc) is 3.84. The van der Waals surface area contributed by atoms with Crippen molar-refractivity contribution in [2.45, 2.75) is 105 Å². The van der Waals surface area contributed by atoms with Crippen LogP contribution in [0.25, 0.3) is 5.69 Å². The van der Waals surface area contributed by atoms with Crippen LogP contribution in [0.5, 0.6) is 0 Å². The highest BCUT2D eigenvalue weighted by Crippen LogP contribution is 2.12. The molecule has 49 heavy (non-hydrogen) atoms. The molecule has 10 nitrogen and oxygen atoms in total. The predicted octanol–water partition coefficient (Wildman–Crippen LogP) is 6.97. The molecule has 270 valence electrons. The van der Waals surface area contributed by atoms with Gasteiger partial charge in [-0.25, -0.2) is 14.3 Å². The number of nitrogens with zero attached hydrogens (tertiary/aromatic N) is 7. The fourth-order valence-corrected chi connectivity index (χ4v) is 4.48. The Labute approximate surface area is 289 Å². The van der Waals surface area contributed by atoms with Gasteiger partial charge in [0.1, 0.15) is 0 Å². The lowest BCUT2D eigenvalue weighted by Crippen LogP contribution is -2.29. The topological polar surface area (TPSA) is 107 Å². The molecule has 0 radical (unpaired) electrons. The molecule has 0 unspecified atom stereocenters. The second kappa shape index (κ2) is 22.3. The minimum absolute atomic E-state index is 0.0827. The summed E-state index contributed by atoms with van der Waals surface area (Å²) in [6.45, 7) is 15.8. The Morgan fingerprint density at radius 3 is 2.00 bits per heavy atom. The highest BCUT2D eigenvalue weighted by atomic mass is 18.2. The average molecular weight is 683 g/mol. The molecule has 0 aliphatic carbocycles. The molecule has 3 heterocycles. The Morgan fingerprint density at radius 2 is 1.43 bits per heavy atom. The van der Waals surface area contributed by atoms with Crippen molar-refractivity contribution in [2.75, 3.05) is 20.0 Å². The van der Waals surface area contributed by atoms with E-state index in [0.29, 0.717) is 56.3 Å². The van der Waals surface area contributed by atoms with Gasteiger partial charge in [-0.1, -0.05) is 11.8 Å². The van der Waals surface area contributed by atoms with Crippen LogP contribution < -0.4 is 10.6 Å². The van der Waals surface area contributed by atoms with Crippen LogP contribution in [0.2, 0.25) is 0 Å². The third kappa shape index (κ3) is 16.0. The number of carbonyl (C=O) groups excluding carboxylic acids is 1. The highest BCUT2D eigenvalue weighted by molar-refractivity contribution is 5.94. The largest absolute Gasteiger partial charge is 0.385 e. The zero-order chi connectivity index (χ0) is 36.2. The van der Waals surface area contributed by atoms with Gasteiger partial charge in [-0.3, -0.25) is 18.0 Å². The predicted molar refractivity (Wildman–Crippen MR) is 189 cm³/mol. The molecule has 0 saturated carbocycles. The third-order valence-electron chi connectivity index (χ3n) is 6.87. The molecule has 0 atom stereocenters. The molecule has 1 aromatic carbocycles. The van der Waals surface area contributed by atoms with Crippen LogP contribution in [-0.4, -0.2) is 72.3 Å². The summed E-state index contributed by atoms with van der Waals surface area (Å²) < 4.78 is 41.4. The first-order valence-corrected chi connectivity index (χ1v) is 16.9. The Morgan fingerprint density at radius 1 is 0.816 bits per heavy atom. The van der Waals surface area contributed by atoms with Crippen LogP contribution >= 0.6 is 0 Å². The molecule has 0 bridgehead atoms. The summed E-state index contributed by atoms with van der Waals surface area (Å²) in [4.78, 5) is 16.0. The minimum Gasteiger partial charge on any atom is -0.385 e. The quantitative estimate of drug-likeness (QED) is 0.125. The summed E-state index contributed by atoms with van der Waals surface area (Å²) in [5, 5.41) is 18.2. The summed E-state index contributed by atoms with van der Waals surface area (Å²) in [6.07, 6.45) is 12.9. The van der Waals surface area contributed by atoms with Crippen LogP contribution in [-0.2, 0) is 25.8 Å². The molecule has 0 fully saturated rings. The van der Waals surface area contributed by atoms with Gasteiger partial charge in [-0.2, -0.15) is 5.10 Å². The number of imidazole rings is 1. The van der Waals surface area contributed by atoms with Gasteiger partial charge in [-0.15, -0.1) is 5.10 Å². The Kier molecular flexibility index (Phi) is 18.5. The fourth-order valence-electron chi connectivity index (χ4n) is 4.48. The van der Waals surface area contributed by atoms with Crippen LogP contribution in [0.15, 0.2) is 67.7 Å². The van der Waals surface area contributed by atoms with Crippen LogP contribution in [0, 0.1) is 0 Å². The van der Waals surface area contributed by atoms with E-state index in [0.717, 1.165) is 34.8 Å². The molecule has 0 saturated heterocycles. The van der Waals surface area contributed by atoms with Gasteiger partial charge in [0.25, 0.3) is 5.91 Å². The second-order valence-corrected chi connectivity index (χ2v) is 12.6. The highest BCUT2D eigenvalue weighted by Gasteiger charge is 2.08. The Bertz CT molecular complexity index is 1490. The number of amides is 1. The zero-order valence-corrected chi connectivity index (χ0v) is 29.9. The van der Waals surface area contributed by atoms with E-state index in [1.165, 1.54) is 0 Å². The number of benzene rings is 1. The number of aromatic nitrogens is 7. The maximum atomic E-state index is 12.2. The fraction of sp³-hybridized carbons (Fsp3) is 0.528. The lowest BCUT2D eigenvalue weighted by atomic mass is 10.2. The van der Waals surface area contributed by atoms with E-state index in [1.807, 2.05) is 49.1 Å². The van der Waals surface area contributed by atoms with E-state index in [4.69, 9.17) is 0 Å². The van der Waals surface area contributed by atoms with Crippen molar-refractivity contribution < 1.29 is 18.0 Å². The van der Waals surface area contributed by atoms with Gasteiger partial charge < -0.3 is 15.2 Å². The standard InChI is InChI=1S/C16H20FN3O.C11H19FN4.C9H15FN2/c1-12(2)19-16(21)14-5-7-15(8-6-14)20-11-13(10-18-20)4-3-9-17;1-9(2)13-10(3)7-16-8-11(14-15-16)5-4-6-12;1-8(2)12-6-9(11-7-12)4-3-5-10/h5-8,10-12H,3-4,9H2,1-2H3,(H,19,21);8-9,13H,3-7H2,1-2H3;6-8H,3-5H2,1-2H3/i17-1;12-1;10-1. The second-order valence-electron chi connectivity index (χ2n) is 12.6. The number of halogens is 3. The molecule has 3 aromatic heterocycles. The SMILES string of the molecule is C=C(Cn1cc(CCC[18F])nn1)NC(C)C.CC(C)NC(=O)c1ccc(-n2cc(CCC[18F])cn2)cc1.CC(C)n1cnc(CCC[18F])c1. The molecule has 4 aromatic rings. The Hall–Kier alpha value is -4.42. The third-order valence-corrected chi connectivity index (χ3v) is 6.87. The van der Waals surface area contributed by atoms with Crippen molar-refractivity contribution in [3.05, 3.63) is 90.2 Å². The summed E-state index contributed by atoms with van der Waals surface area (Å²) in [6, 6.07) is 8.16. The van der Waals surface area contributed by atoms with E-state index in [1.54, 1.807) is 34.0 Å². The lowest BCUT2D eigenvalue weighted by Gasteiger charge is -2.11. The Balaban J connectivity index is 0.000000266. The van der Waals surface area contributed by atoms with Gasteiger partial charge in [0.15, 0.2) is 0 Å². The lowest BCUT2D eigenvalue weighted by molar-refractivity contribution is 0.0943. The smallest absolute Gasteiger partial charge is 0.251 e. The molecule has 1 amide bonds. The molecule has 13 heteroatoms. The summed E-state index contributed by atoms with van der Waals surface area (Å²) >= 11 is 0. The van der Waals surface area contributed by atoms with Gasteiger partial charge in [0.05, 0.1) is 56.2 Å². The molecule has 0 aliphatic heterocycles. The first kappa shape index (κ1) is 40.8. The molecule has 0 spiro atoms. The van der Waals surface area contributed by atoms with E-state index < -0.39 is 0 Å². The summed E-state index contributed by atoms with van der Waals surface area (Å²) in [5.41, 5.74) is 5.22. The number of carbonyl (C=O) groups is 1. The number of hydrogen-bond donors (Lipinski definition) is 2. The van der Waals surface area contributed by atoms with Gasteiger partial charge in [0.2, 0.25) is 0 Å². The van der Waals surface area contributed by atoms with Gasteiger partial charge >= 0.3 is 0 Å². The van der Waals surface area contributed by atoms with Crippen molar-refractivity contribution in [3.63, 3.8) is 0 Å². The number of nitrogens with one attached hydrogen (secondary N) is 2. The number of aryl methyl sites for hydroxylation is 3. The van der Waals surface area contributed by atoms with Crippen LogP contribution in [0.4, 0.5) is 13.2 Å². The van der Waals surface area contributed by atoms with E-state index in [9.17, 15) is 18.0 Å². The van der Waals surface area contributed by atoms with Crippen molar-refractivity contribution in [3.8, 4) is 5.69 Å². The number of alkyl halides is 3. The number of allylic oxidation sites excluding steroid dienone is 1. The van der Waals surface area contributed by atoms with E-state index >= 15 is 0 Å². The van der Waals surface area contributed by atoms with Crippen molar-refractivity contribution in [1.82, 2.24) is 45.0 Å². The van der Waals surface area contributed by atoms with Crippen LogP contribution in [0.3, 0.4) is 0 Å². The van der Waals surface area contributed by atoms with E-state index in [2.05, 4.69) is 65.3 Å². The number of rotatable bonds is 17. The molecule has 4 rings (SSSR count).